The van der Waals surface area contributed by atoms with Crippen LogP contribution in [0.25, 0.3) is 10.7 Å². The minimum atomic E-state index is -0.226. The maximum atomic E-state index is 12.8. The fourth-order valence-corrected chi connectivity index (χ4v) is 5.26. The van der Waals surface area contributed by atoms with Gasteiger partial charge in [0, 0.05) is 37.8 Å². The molecule has 0 atom stereocenters. The standard InChI is InChI=1S/C21H30N6O2S2/c1-21(2,3)22-17(28)13-25-8-10-26(11-9-25)18(29)14-31-20-24-23-19(16-5-4-12-30-16)27(20)15-6-7-15/h4-5,12,15H,6-11,13-14H2,1-3H3,(H,22,28). The van der Waals surface area contributed by atoms with Crippen molar-refractivity contribution in [2.24, 2.45) is 0 Å². The first-order valence-electron chi connectivity index (χ1n) is 10.7. The number of nitrogens with one attached hydrogen (secondary N) is 1. The monoisotopic (exact) mass is 462 g/mol. The number of carbonyl (C=O) groups is 2. The number of hydrogen-bond donors (Lipinski definition) is 1. The third-order valence-corrected chi connectivity index (χ3v) is 7.04. The molecule has 0 spiro atoms. The van der Waals surface area contributed by atoms with Crippen LogP contribution in [0, 0.1) is 0 Å². The summed E-state index contributed by atoms with van der Waals surface area (Å²) in [7, 11) is 0. The molecule has 1 aliphatic carbocycles. The van der Waals surface area contributed by atoms with Crippen LogP contribution in [0.2, 0.25) is 0 Å². The number of thiophene rings is 1. The lowest BCUT2D eigenvalue weighted by atomic mass is 10.1. The Morgan fingerprint density at radius 1 is 1.19 bits per heavy atom. The summed E-state index contributed by atoms with van der Waals surface area (Å²) in [5, 5.41) is 14.7. The first-order chi connectivity index (χ1) is 14.8. The molecule has 1 saturated carbocycles. The summed E-state index contributed by atoms with van der Waals surface area (Å²) in [4.78, 5) is 30.0. The molecule has 31 heavy (non-hydrogen) atoms. The first-order valence-corrected chi connectivity index (χ1v) is 12.6. The maximum absolute atomic E-state index is 12.8. The molecule has 1 saturated heterocycles. The summed E-state index contributed by atoms with van der Waals surface area (Å²) >= 11 is 3.14. The van der Waals surface area contributed by atoms with Crippen molar-refractivity contribution in [3.8, 4) is 10.7 Å². The third-order valence-electron chi connectivity index (χ3n) is 5.25. The van der Waals surface area contributed by atoms with Gasteiger partial charge < -0.3 is 10.2 Å². The summed E-state index contributed by atoms with van der Waals surface area (Å²) in [5.41, 5.74) is -0.226. The van der Waals surface area contributed by atoms with E-state index in [0.717, 1.165) is 41.8 Å². The molecule has 10 heteroatoms. The van der Waals surface area contributed by atoms with E-state index >= 15 is 0 Å². The highest BCUT2D eigenvalue weighted by atomic mass is 32.2. The summed E-state index contributed by atoms with van der Waals surface area (Å²) in [6.07, 6.45) is 2.28. The predicted octanol–water partition coefficient (Wildman–Crippen LogP) is 2.49. The number of amides is 2. The van der Waals surface area contributed by atoms with Gasteiger partial charge >= 0.3 is 0 Å². The molecule has 1 N–H and O–H groups in total. The fourth-order valence-electron chi connectivity index (χ4n) is 3.64. The second kappa shape index (κ2) is 9.30. The molecule has 3 heterocycles. The quantitative estimate of drug-likeness (QED) is 0.637. The number of aromatic nitrogens is 3. The molecular weight excluding hydrogens is 432 g/mol. The lowest BCUT2D eigenvalue weighted by Gasteiger charge is -2.34. The molecular formula is C21H30N6O2S2. The Labute approximate surface area is 191 Å². The van der Waals surface area contributed by atoms with E-state index in [2.05, 4.69) is 31.0 Å². The SMILES string of the molecule is CC(C)(C)NC(=O)CN1CCN(C(=O)CSc2nnc(-c3cccs3)n2C2CC2)CC1. The summed E-state index contributed by atoms with van der Waals surface area (Å²) in [5.74, 6) is 1.42. The molecule has 0 aromatic carbocycles. The van der Waals surface area contributed by atoms with Gasteiger partial charge in [-0.3, -0.25) is 19.1 Å². The van der Waals surface area contributed by atoms with Crippen LogP contribution in [0.1, 0.15) is 39.7 Å². The van der Waals surface area contributed by atoms with Crippen LogP contribution in [-0.4, -0.2) is 80.4 Å². The number of piperazine rings is 1. The Kier molecular flexibility index (Phi) is 6.68. The zero-order chi connectivity index (χ0) is 22.0. The Morgan fingerprint density at radius 3 is 2.55 bits per heavy atom. The largest absolute Gasteiger partial charge is 0.350 e. The Hall–Kier alpha value is -1.91. The Bertz CT molecular complexity index is 909. The van der Waals surface area contributed by atoms with E-state index in [-0.39, 0.29) is 17.4 Å². The fraction of sp³-hybridized carbons (Fsp3) is 0.619. The summed E-state index contributed by atoms with van der Waals surface area (Å²) in [6, 6.07) is 4.54. The van der Waals surface area contributed by atoms with Crippen LogP contribution in [-0.2, 0) is 9.59 Å². The third kappa shape index (κ3) is 5.87. The smallest absolute Gasteiger partial charge is 0.234 e. The van der Waals surface area contributed by atoms with Gasteiger partial charge in [-0.1, -0.05) is 17.8 Å². The van der Waals surface area contributed by atoms with Crippen molar-refractivity contribution in [3.63, 3.8) is 0 Å². The number of rotatable bonds is 7. The second-order valence-corrected chi connectivity index (χ2v) is 11.0. The van der Waals surface area contributed by atoms with Crippen molar-refractivity contribution >= 4 is 34.9 Å². The average molecular weight is 463 g/mol. The van der Waals surface area contributed by atoms with E-state index < -0.39 is 0 Å². The van der Waals surface area contributed by atoms with Gasteiger partial charge in [0.2, 0.25) is 11.8 Å². The van der Waals surface area contributed by atoms with Gasteiger partial charge in [-0.15, -0.1) is 21.5 Å². The molecule has 0 radical (unpaired) electrons. The highest BCUT2D eigenvalue weighted by Crippen LogP contribution is 2.41. The predicted molar refractivity (Wildman–Crippen MR) is 123 cm³/mol. The van der Waals surface area contributed by atoms with Crippen molar-refractivity contribution in [1.82, 2.24) is 29.9 Å². The highest BCUT2D eigenvalue weighted by molar-refractivity contribution is 7.99. The van der Waals surface area contributed by atoms with Crippen molar-refractivity contribution < 1.29 is 9.59 Å². The zero-order valence-electron chi connectivity index (χ0n) is 18.3. The Balaban J connectivity index is 1.27. The molecule has 2 fully saturated rings. The lowest BCUT2D eigenvalue weighted by molar-refractivity contribution is -0.130. The minimum Gasteiger partial charge on any atom is -0.350 e. The summed E-state index contributed by atoms with van der Waals surface area (Å²) in [6.45, 7) is 9.05. The number of thioether (sulfide) groups is 1. The van der Waals surface area contributed by atoms with Gasteiger partial charge in [-0.25, -0.2) is 0 Å². The molecule has 2 amide bonds. The molecule has 0 unspecified atom stereocenters. The molecule has 8 nitrogen and oxygen atoms in total. The van der Waals surface area contributed by atoms with Crippen molar-refractivity contribution in [1.29, 1.82) is 0 Å². The molecule has 2 aromatic rings. The second-order valence-electron chi connectivity index (χ2n) is 9.13. The maximum Gasteiger partial charge on any atom is 0.234 e. The van der Waals surface area contributed by atoms with E-state index in [0.29, 0.717) is 31.4 Å². The van der Waals surface area contributed by atoms with Gasteiger partial charge in [-0.05, 0) is 45.1 Å². The average Bonchev–Trinajstić information content (AvgIpc) is 3.23. The molecule has 168 valence electrons. The molecule has 2 aliphatic rings. The minimum absolute atomic E-state index is 0.0313. The van der Waals surface area contributed by atoms with E-state index in [1.165, 1.54) is 11.8 Å². The van der Waals surface area contributed by atoms with E-state index in [1.807, 2.05) is 37.1 Å². The Morgan fingerprint density at radius 2 is 1.94 bits per heavy atom. The van der Waals surface area contributed by atoms with Crippen LogP contribution < -0.4 is 5.32 Å². The molecule has 2 aromatic heterocycles. The molecule has 1 aliphatic heterocycles. The first kappa shape index (κ1) is 22.3. The van der Waals surface area contributed by atoms with Crippen molar-refractivity contribution in [2.45, 2.75) is 50.4 Å². The van der Waals surface area contributed by atoms with Crippen LogP contribution in [0.4, 0.5) is 0 Å². The van der Waals surface area contributed by atoms with E-state index in [4.69, 9.17) is 0 Å². The summed E-state index contributed by atoms with van der Waals surface area (Å²) < 4.78 is 2.20. The van der Waals surface area contributed by atoms with Gasteiger partial charge in [0.15, 0.2) is 11.0 Å². The van der Waals surface area contributed by atoms with Crippen LogP contribution >= 0.6 is 23.1 Å². The van der Waals surface area contributed by atoms with Crippen molar-refractivity contribution in [3.05, 3.63) is 17.5 Å². The van der Waals surface area contributed by atoms with Gasteiger partial charge in [0.1, 0.15) is 0 Å². The van der Waals surface area contributed by atoms with Crippen LogP contribution in [0.3, 0.4) is 0 Å². The zero-order valence-corrected chi connectivity index (χ0v) is 20.0. The number of carbonyl (C=O) groups excluding carboxylic acids is 2. The highest BCUT2D eigenvalue weighted by Gasteiger charge is 2.31. The molecule has 0 bridgehead atoms. The number of hydrogen-bond acceptors (Lipinski definition) is 7. The van der Waals surface area contributed by atoms with Crippen LogP contribution in [0.15, 0.2) is 22.7 Å². The molecule has 4 rings (SSSR count). The van der Waals surface area contributed by atoms with E-state index in [9.17, 15) is 9.59 Å². The topological polar surface area (TPSA) is 83.4 Å². The van der Waals surface area contributed by atoms with Crippen molar-refractivity contribution in [2.75, 3.05) is 38.5 Å². The van der Waals surface area contributed by atoms with Gasteiger partial charge in [-0.2, -0.15) is 0 Å². The van der Waals surface area contributed by atoms with Gasteiger partial charge in [0.25, 0.3) is 0 Å². The van der Waals surface area contributed by atoms with Crippen LogP contribution in [0.5, 0.6) is 0 Å². The number of nitrogens with zero attached hydrogens (tertiary/aromatic N) is 5. The van der Waals surface area contributed by atoms with Gasteiger partial charge in [0.05, 0.1) is 17.2 Å². The lowest BCUT2D eigenvalue weighted by Crippen LogP contribution is -2.53. The van der Waals surface area contributed by atoms with E-state index in [1.54, 1.807) is 11.3 Å². The normalized spacial score (nSPS) is 17.7.